The van der Waals surface area contributed by atoms with Crippen molar-refractivity contribution in [3.63, 3.8) is 0 Å². The fourth-order valence-electron chi connectivity index (χ4n) is 4.91. The number of rotatable bonds is 6. The van der Waals surface area contributed by atoms with E-state index >= 15 is 4.39 Å². The summed E-state index contributed by atoms with van der Waals surface area (Å²) in [5.74, 6) is -4.91. The summed E-state index contributed by atoms with van der Waals surface area (Å²) in [6.07, 6.45) is 7.42. The molecule has 0 aromatic heterocycles. The maximum Gasteiger partial charge on any atom is 0.201 e. The number of hydrogen-bond donors (Lipinski definition) is 0. The molecule has 0 amide bonds. The van der Waals surface area contributed by atoms with Crippen LogP contribution in [0.15, 0.2) is 36.4 Å². The quantitative estimate of drug-likeness (QED) is 0.332. The van der Waals surface area contributed by atoms with Gasteiger partial charge in [0.2, 0.25) is 5.82 Å². The van der Waals surface area contributed by atoms with Gasteiger partial charge in [0.1, 0.15) is 0 Å². The van der Waals surface area contributed by atoms with Gasteiger partial charge >= 0.3 is 0 Å². The Kier molecular flexibility index (Phi) is 7.94. The number of benzene rings is 2. The van der Waals surface area contributed by atoms with Gasteiger partial charge in [0.15, 0.2) is 23.2 Å². The topological polar surface area (TPSA) is 27.7 Å². The highest BCUT2D eigenvalue weighted by atomic mass is 19.2. The minimum atomic E-state index is -1.27. The first-order chi connectivity index (χ1) is 16.4. The zero-order valence-corrected chi connectivity index (χ0v) is 19.5. The number of allylic oxidation sites excluding steroid dienone is 1. The molecular weight excluding hydrogens is 448 g/mol. The summed E-state index contributed by atoms with van der Waals surface area (Å²) in [6, 6.07) is 5.14. The zero-order valence-electron chi connectivity index (χ0n) is 19.5. The van der Waals surface area contributed by atoms with E-state index in [4.69, 9.17) is 14.2 Å². The lowest BCUT2D eigenvalue weighted by molar-refractivity contribution is -0.119. The second-order valence-electron chi connectivity index (χ2n) is 8.88. The molecule has 7 heteroatoms. The van der Waals surface area contributed by atoms with Crippen molar-refractivity contribution in [2.24, 2.45) is 5.92 Å². The molecule has 2 aliphatic rings. The Balaban J connectivity index is 1.45. The van der Waals surface area contributed by atoms with E-state index in [-0.39, 0.29) is 53.8 Å². The van der Waals surface area contributed by atoms with Crippen LogP contribution in [-0.4, -0.2) is 32.0 Å². The van der Waals surface area contributed by atoms with Crippen LogP contribution < -0.4 is 4.74 Å². The highest BCUT2D eigenvalue weighted by Gasteiger charge is 2.34. The number of halogens is 4. The molecule has 2 aromatic carbocycles. The summed E-state index contributed by atoms with van der Waals surface area (Å²) >= 11 is 0. The standard InChI is InChI=1S/C27H30F4O3/c1-3-5-16-6-11-21(33-14-16)22-12-7-17(15-34-22)18-8-9-19(25(29)24(18)28)20-10-13-23(32-4-2)27(31)26(20)30/h3,5,8-10,13,16-17,21-22H,4,6-7,11-12,14-15H2,1-2H3. The van der Waals surface area contributed by atoms with Crippen LogP contribution >= 0.6 is 0 Å². The zero-order chi connectivity index (χ0) is 24.2. The molecule has 4 atom stereocenters. The van der Waals surface area contributed by atoms with Gasteiger partial charge in [0.25, 0.3) is 0 Å². The highest BCUT2D eigenvalue weighted by Crippen LogP contribution is 2.38. The Hall–Kier alpha value is -2.38. The molecule has 2 aliphatic heterocycles. The van der Waals surface area contributed by atoms with E-state index in [1.54, 1.807) is 6.92 Å². The lowest BCUT2D eigenvalue weighted by Gasteiger charge is -2.37. The first kappa shape index (κ1) is 24.7. The molecule has 0 aliphatic carbocycles. The maximum absolute atomic E-state index is 15.0. The fraction of sp³-hybridized carbons (Fsp3) is 0.481. The fourth-order valence-corrected chi connectivity index (χ4v) is 4.91. The normalized spacial score (nSPS) is 25.6. The van der Waals surface area contributed by atoms with Crippen LogP contribution in [0.5, 0.6) is 5.75 Å². The first-order valence-electron chi connectivity index (χ1n) is 11.9. The lowest BCUT2D eigenvalue weighted by Crippen LogP contribution is -2.40. The smallest absolute Gasteiger partial charge is 0.201 e. The van der Waals surface area contributed by atoms with Crippen molar-refractivity contribution in [1.29, 1.82) is 0 Å². The van der Waals surface area contributed by atoms with Crippen LogP contribution in [-0.2, 0) is 9.47 Å². The minimum Gasteiger partial charge on any atom is -0.491 e. The second kappa shape index (κ2) is 10.9. The van der Waals surface area contributed by atoms with Crippen molar-refractivity contribution >= 4 is 0 Å². The molecule has 0 N–H and O–H groups in total. The largest absolute Gasteiger partial charge is 0.491 e. The summed E-state index contributed by atoms with van der Waals surface area (Å²) in [6.45, 7) is 4.71. The van der Waals surface area contributed by atoms with Gasteiger partial charge in [-0.15, -0.1) is 0 Å². The molecule has 0 bridgehead atoms. The molecule has 2 heterocycles. The van der Waals surface area contributed by atoms with Gasteiger partial charge in [-0.25, -0.2) is 13.2 Å². The van der Waals surface area contributed by atoms with Gasteiger partial charge < -0.3 is 14.2 Å². The van der Waals surface area contributed by atoms with Crippen LogP contribution in [0.3, 0.4) is 0 Å². The summed E-state index contributed by atoms with van der Waals surface area (Å²) in [7, 11) is 0. The van der Waals surface area contributed by atoms with Gasteiger partial charge in [0, 0.05) is 23.0 Å². The lowest BCUT2D eigenvalue weighted by atomic mass is 9.86. The van der Waals surface area contributed by atoms with Crippen LogP contribution in [0.2, 0.25) is 0 Å². The number of ether oxygens (including phenoxy) is 3. The molecule has 4 rings (SSSR count). The monoisotopic (exact) mass is 478 g/mol. The summed E-state index contributed by atoms with van der Waals surface area (Å²) in [5, 5.41) is 0. The van der Waals surface area contributed by atoms with Crippen molar-refractivity contribution in [2.75, 3.05) is 19.8 Å². The van der Waals surface area contributed by atoms with Crippen molar-refractivity contribution in [2.45, 2.75) is 57.7 Å². The Morgan fingerprint density at radius 1 is 0.824 bits per heavy atom. The van der Waals surface area contributed by atoms with E-state index < -0.39 is 23.3 Å². The van der Waals surface area contributed by atoms with E-state index in [0.29, 0.717) is 25.4 Å². The van der Waals surface area contributed by atoms with E-state index in [2.05, 4.69) is 6.08 Å². The highest BCUT2D eigenvalue weighted by molar-refractivity contribution is 5.66. The van der Waals surface area contributed by atoms with Crippen molar-refractivity contribution in [1.82, 2.24) is 0 Å². The van der Waals surface area contributed by atoms with E-state index in [9.17, 15) is 13.2 Å². The minimum absolute atomic E-state index is 0.0175. The van der Waals surface area contributed by atoms with Crippen LogP contribution in [0.25, 0.3) is 11.1 Å². The summed E-state index contributed by atoms with van der Waals surface area (Å²) < 4.78 is 75.8. The van der Waals surface area contributed by atoms with E-state index in [0.717, 1.165) is 12.8 Å². The maximum atomic E-state index is 15.0. The molecule has 3 nitrogen and oxygen atoms in total. The predicted octanol–water partition coefficient (Wildman–Crippen LogP) is 6.94. The SMILES string of the molecule is CC=CC1CCC(C2CCC(c3ccc(-c4ccc(OCC)c(F)c4F)c(F)c3F)CO2)OC1. The van der Waals surface area contributed by atoms with Crippen molar-refractivity contribution < 1.29 is 31.8 Å². The molecule has 2 aromatic rings. The molecule has 4 unspecified atom stereocenters. The van der Waals surface area contributed by atoms with E-state index in [1.165, 1.54) is 24.3 Å². The van der Waals surface area contributed by atoms with Gasteiger partial charge in [-0.1, -0.05) is 24.3 Å². The Labute approximate surface area is 197 Å². The molecule has 0 spiro atoms. The van der Waals surface area contributed by atoms with Crippen LogP contribution in [0.4, 0.5) is 17.6 Å². The molecule has 2 saturated heterocycles. The molecular formula is C27H30F4O3. The van der Waals surface area contributed by atoms with Crippen LogP contribution in [0, 0.1) is 29.2 Å². The van der Waals surface area contributed by atoms with Gasteiger partial charge in [-0.2, -0.15) is 4.39 Å². The third kappa shape index (κ3) is 5.01. The Morgan fingerprint density at radius 2 is 1.47 bits per heavy atom. The third-order valence-electron chi connectivity index (χ3n) is 6.73. The average molecular weight is 479 g/mol. The predicted molar refractivity (Wildman–Crippen MR) is 122 cm³/mol. The summed E-state index contributed by atoms with van der Waals surface area (Å²) in [4.78, 5) is 0. The van der Waals surface area contributed by atoms with Gasteiger partial charge in [-0.05, 0) is 57.2 Å². The molecule has 184 valence electrons. The van der Waals surface area contributed by atoms with Gasteiger partial charge in [-0.3, -0.25) is 0 Å². The second-order valence-corrected chi connectivity index (χ2v) is 8.88. The Morgan fingerprint density at radius 3 is 2.06 bits per heavy atom. The van der Waals surface area contributed by atoms with Crippen molar-refractivity contribution in [3.8, 4) is 16.9 Å². The molecule has 0 radical (unpaired) electrons. The Bertz CT molecular complexity index is 1020. The summed E-state index contributed by atoms with van der Waals surface area (Å²) in [5.41, 5.74) is -0.500. The average Bonchev–Trinajstić information content (AvgIpc) is 2.85. The molecule has 2 fully saturated rings. The van der Waals surface area contributed by atoms with Gasteiger partial charge in [0.05, 0.1) is 32.0 Å². The third-order valence-corrected chi connectivity index (χ3v) is 6.73. The van der Waals surface area contributed by atoms with E-state index in [1.807, 2.05) is 13.0 Å². The van der Waals surface area contributed by atoms with Crippen molar-refractivity contribution in [3.05, 3.63) is 65.2 Å². The number of hydrogen-bond acceptors (Lipinski definition) is 3. The molecule has 0 saturated carbocycles. The molecule has 34 heavy (non-hydrogen) atoms. The van der Waals surface area contributed by atoms with Crippen LogP contribution in [0.1, 0.15) is 51.0 Å². The first-order valence-corrected chi connectivity index (χ1v) is 11.9.